The number of nitrogens with two attached hydrogens (primary N) is 1. The Morgan fingerprint density at radius 1 is 0.669 bits per heavy atom. The van der Waals surface area contributed by atoms with Gasteiger partial charge in [0.15, 0.2) is 22.7 Å². The van der Waals surface area contributed by atoms with Gasteiger partial charge in [-0.2, -0.15) is 0 Å². The van der Waals surface area contributed by atoms with E-state index in [1.165, 1.54) is 43.8 Å². The van der Waals surface area contributed by atoms with Gasteiger partial charge in [-0.05, 0) is 112 Å². The minimum absolute atomic E-state index is 0.000412. The number of nitrogens with one attached hydrogen (secondary N) is 9. The largest absolute Gasteiger partial charge is 0.496 e. The molecule has 4 unspecified atom stereocenters. The Morgan fingerprint density at radius 3 is 1.89 bits per heavy atom. The number of ether oxygens (including phenoxy) is 10. The van der Waals surface area contributed by atoms with Crippen molar-refractivity contribution in [1.29, 1.82) is 0 Å². The maximum absolute atomic E-state index is 15.5. The van der Waals surface area contributed by atoms with Gasteiger partial charge in [0.05, 0.1) is 141 Å². The normalized spacial score (nSPS) is 22.9. The molecule has 12 rings (SSSR count). The molecular formula is C103H143N15O28S2. The number of amides is 7. The van der Waals surface area contributed by atoms with Crippen molar-refractivity contribution in [3.63, 3.8) is 0 Å². The molecular weight excluding hydrogens is 1960 g/mol. The molecule has 5 aliphatic heterocycles. The third-order valence-corrected chi connectivity index (χ3v) is 31.4. The Morgan fingerprint density at radius 2 is 1.28 bits per heavy atom. The van der Waals surface area contributed by atoms with Crippen LogP contribution in [-0.4, -0.2) is 358 Å². The van der Waals surface area contributed by atoms with Gasteiger partial charge in [0.1, 0.15) is 48.2 Å². The van der Waals surface area contributed by atoms with Crippen LogP contribution in [0.2, 0.25) is 0 Å². The molecule has 3 aromatic carbocycles. The zero-order chi connectivity index (χ0) is 107. The summed E-state index contributed by atoms with van der Waals surface area (Å²) < 4.78 is 55.0. The van der Waals surface area contributed by atoms with E-state index in [1.54, 1.807) is 40.5 Å². The summed E-state index contributed by atoms with van der Waals surface area (Å²) in [4.78, 5) is 201. The number of aliphatic carboxylic acids is 2. The summed E-state index contributed by atoms with van der Waals surface area (Å²) in [5, 5.41) is 79.3. The fourth-order valence-electron chi connectivity index (χ4n) is 21.5. The first-order chi connectivity index (χ1) is 71.0. The van der Waals surface area contributed by atoms with Crippen molar-refractivity contribution in [3.05, 3.63) is 129 Å². The Bertz CT molecular complexity index is 5720. The summed E-state index contributed by atoms with van der Waals surface area (Å²) in [6, 6.07) is 13.6. The molecule has 810 valence electrons. The number of likely N-dealkylation sites (N-methyl/N-ethyl adjacent to an activating group) is 1. The number of H-pyrrole nitrogens is 2. The molecule has 7 amide bonds. The van der Waals surface area contributed by atoms with Crippen molar-refractivity contribution in [2.45, 2.75) is 183 Å². The summed E-state index contributed by atoms with van der Waals surface area (Å²) in [5.41, 5.74) is 5.63. The summed E-state index contributed by atoms with van der Waals surface area (Å²) in [6.07, 6.45) is 2.51. The van der Waals surface area contributed by atoms with Crippen LogP contribution in [0.25, 0.3) is 21.9 Å². The summed E-state index contributed by atoms with van der Waals surface area (Å²) >= 11 is 0. The average molecular weight is 2100 g/mol. The molecule has 2 bridgehead atoms. The number of aliphatic hydroxyl groups excluding tert-OH is 1. The highest BCUT2D eigenvalue weighted by atomic mass is 33.1. The molecule has 45 heteroatoms. The van der Waals surface area contributed by atoms with Crippen LogP contribution in [0.1, 0.15) is 150 Å². The number of rotatable bonds is 61. The highest BCUT2D eigenvalue weighted by molar-refractivity contribution is 8.76. The number of anilines is 3. The van der Waals surface area contributed by atoms with Gasteiger partial charge in [-0.3, -0.25) is 72.8 Å². The molecule has 1 saturated carbocycles. The van der Waals surface area contributed by atoms with Gasteiger partial charge in [-0.25, -0.2) is 14.6 Å². The van der Waals surface area contributed by atoms with Crippen molar-refractivity contribution in [2.24, 2.45) is 29.1 Å². The number of pyridine rings is 1. The van der Waals surface area contributed by atoms with E-state index in [4.69, 9.17) is 53.1 Å². The fourth-order valence-corrected chi connectivity index (χ4v) is 23.6. The van der Waals surface area contributed by atoms with Crippen molar-refractivity contribution < 1.29 is 130 Å². The number of ketones is 3. The Kier molecular flexibility index (Phi) is 42.2. The predicted octanol–water partition coefficient (Wildman–Crippen LogP) is 4.44. The first-order valence-corrected chi connectivity index (χ1v) is 52.9. The highest BCUT2D eigenvalue weighted by Crippen LogP contribution is 2.68. The van der Waals surface area contributed by atoms with E-state index in [9.17, 15) is 83.1 Å². The third kappa shape index (κ3) is 28.6. The molecule has 16 N–H and O–H groups in total. The molecule has 0 radical (unpaired) electrons. The van der Waals surface area contributed by atoms with Gasteiger partial charge in [0.2, 0.25) is 23.6 Å². The smallest absolute Gasteiger partial charge is 0.413 e. The third-order valence-electron chi connectivity index (χ3n) is 29.0. The second-order valence-electron chi connectivity index (χ2n) is 39.1. The number of aromatic nitrogens is 4. The number of aromatic amines is 2. The van der Waals surface area contributed by atoms with E-state index < -0.39 is 203 Å². The second kappa shape index (κ2) is 54.0. The van der Waals surface area contributed by atoms with Crippen LogP contribution in [0.3, 0.4) is 0 Å². The standard InChI is InChI=1S/C103H143N15O28S2/c1-10-100(135)54-64-53-99(5,87-71(23-29-117(59-64)61-100)70-15-12-13-16-74(70)110-87)73-50-72-79(52-82(73)139-9)116(6)95-102(72)27-30-118-28-14-26-101(11-2,94(102)118)96(132)103(95,136)97(133)115-98(134)146-45-46-147-148-60-66(92(128)129)49-81(121)78(58-108-85(123)25-32-141-38-40-145-44-42-143-36-34-138-8)113-89(125)63(4)48-80(120)77(57-107-84(122)24-31-140-37-39-144-43-41-142-35-33-137-7)112-88(124)62(3)47-69(119)21-22-75(93(130)131)111-90(126)65-17-19-67(20-18-65)105-55-68-56-106-76-51-83(104)114-91(127)86(76)109-68/h12-20,26,50-52,56,62-64,66,75,77-78,94-96,105,110,132,135-136H,10-11,21-25,27-49,53-55,57-61H2,1-9H3,(H,107,122)(H,108,123)(H,111,126)(H,112,124)(H,113,125)(H,128,129)(H,130,131)(H3,104,114,127)(H,115,133,134)/t62-,63-,64?,66?,75?,77+,78+,94+,95-,96-,99-,100+,101-,102-,103+/m1/s1. The predicted molar refractivity (Wildman–Crippen MR) is 550 cm³/mol. The van der Waals surface area contributed by atoms with E-state index in [2.05, 4.69) is 92.1 Å². The minimum Gasteiger partial charge on any atom is -0.496 e. The molecule has 43 nitrogen and oxygen atoms in total. The van der Waals surface area contributed by atoms with Gasteiger partial charge in [0.25, 0.3) is 17.4 Å². The number of carboxylic acid groups (broad SMARTS) is 2. The number of Topliss-reactive ketones (excluding diaryl/α,β-unsaturated/α-hetero) is 3. The second-order valence-corrected chi connectivity index (χ2v) is 41.7. The summed E-state index contributed by atoms with van der Waals surface area (Å²) in [6.45, 7) is 13.9. The number of piperidine rings is 1. The molecule has 3 aromatic heterocycles. The van der Waals surface area contributed by atoms with Gasteiger partial charge in [-0.1, -0.05) is 79.6 Å². The van der Waals surface area contributed by atoms with E-state index in [0.29, 0.717) is 120 Å². The van der Waals surface area contributed by atoms with Crippen LogP contribution < -0.4 is 58.1 Å². The lowest BCUT2D eigenvalue weighted by Gasteiger charge is -2.63. The topological polar surface area (TPSA) is 593 Å². The number of imide groups is 1. The van der Waals surface area contributed by atoms with Crippen molar-refractivity contribution in [2.75, 3.05) is 201 Å². The molecule has 148 heavy (non-hydrogen) atoms. The molecule has 1 spiro atoms. The van der Waals surface area contributed by atoms with Crippen LogP contribution in [0.5, 0.6) is 5.75 Å². The number of carbonyl (C=O) groups excluding carboxylic acids is 10. The minimum atomic E-state index is -2.69. The van der Waals surface area contributed by atoms with Crippen molar-refractivity contribution in [3.8, 4) is 5.75 Å². The van der Waals surface area contributed by atoms with E-state index in [0.717, 1.165) is 68.8 Å². The fraction of sp³-hybridized carbons (Fsp3) is 0.602. The molecule has 3 fully saturated rings. The van der Waals surface area contributed by atoms with Crippen molar-refractivity contribution >= 4 is 132 Å². The van der Waals surface area contributed by atoms with E-state index in [-0.39, 0.29) is 113 Å². The number of hydrogen-bond donors (Lipinski definition) is 15. The lowest BCUT2D eigenvalue weighted by Crippen LogP contribution is -2.82. The molecule has 8 heterocycles. The summed E-state index contributed by atoms with van der Waals surface area (Å²) in [5.74, 6) is -13.6. The van der Waals surface area contributed by atoms with E-state index >= 15 is 4.79 Å². The summed E-state index contributed by atoms with van der Waals surface area (Å²) in [7, 11) is 8.58. The van der Waals surface area contributed by atoms with Crippen LogP contribution >= 0.6 is 21.6 Å². The molecule has 2 saturated heterocycles. The van der Waals surface area contributed by atoms with Gasteiger partial charge in [-0.15, -0.1) is 0 Å². The molecule has 1 aliphatic carbocycles. The number of alkyl carbamates (subject to hydrolysis) is 1. The van der Waals surface area contributed by atoms with E-state index in [1.807, 2.05) is 49.1 Å². The van der Waals surface area contributed by atoms with Crippen LogP contribution in [0, 0.1) is 29.1 Å². The number of hydrogen-bond acceptors (Lipinski definition) is 35. The van der Waals surface area contributed by atoms with Gasteiger partial charge in [0, 0.05) is 196 Å². The Labute approximate surface area is 866 Å². The number of para-hydroxylation sites is 1. The lowest BCUT2D eigenvalue weighted by molar-refractivity contribution is -0.203. The molecule has 6 aromatic rings. The first-order valence-electron chi connectivity index (χ1n) is 50.4. The number of nitrogen functional groups attached to an aromatic ring is 1. The maximum Gasteiger partial charge on any atom is 0.413 e. The zero-order valence-corrected chi connectivity index (χ0v) is 87.1. The Balaban J connectivity index is 0.674. The van der Waals surface area contributed by atoms with Crippen LogP contribution in [0.15, 0.2) is 89.9 Å². The number of aliphatic hydroxyl groups is 3. The highest BCUT2D eigenvalue weighted by Gasteiger charge is 2.79. The number of nitrogens with zero attached hydrogens (tertiary/aromatic N) is 5. The average Bonchev–Trinajstić information content (AvgIpc) is 1.47. The van der Waals surface area contributed by atoms with Gasteiger partial charge >= 0.3 is 18.0 Å². The van der Waals surface area contributed by atoms with Crippen molar-refractivity contribution in [1.82, 2.24) is 61.6 Å². The maximum atomic E-state index is 15.5. The number of fused-ring (bicyclic) bond motifs is 7. The Hall–Kier alpha value is -11.2. The number of carbonyl (C=O) groups is 12. The SMILES string of the molecule is CC[C@]1(O)CC2CN(CCc3c([nH]c4ccccc34)[C@@](C)(c3cc4c(cc3OC)N(C)[C@H]3[C@@](O)(C(=O)NC(=O)OCCSSCC(CC(=O)[C@H](CNC(=O)CCOCCOCCOCCOC)NC(=O)[C@H](C)CC(=O)[C@H](CNC(=O)CCOCCOCCOCCOC)NC(=O)[C@H](C)CC(=O)CCC(NC(=O)c5ccc(NCc6cnc7cc(N)[nH]c(=O)c7n6)cc5)C(=O)O)C(=O)O)[C@H](O)[C@]5(CC)C=CCN6CC[C@]43[C@@H]65)C2)C1. The lowest BCUT2D eigenvalue weighted by atomic mass is 9.47. The molecule has 6 aliphatic rings. The number of benzene rings is 3. The first kappa shape index (κ1) is 116. The monoisotopic (exact) mass is 2100 g/mol. The van der Waals surface area contributed by atoms with Crippen LogP contribution in [0.4, 0.5) is 22.0 Å². The quantitative estimate of drug-likeness (QED) is 0.0142. The molecule has 16 atom stereocenters. The van der Waals surface area contributed by atoms with Gasteiger partial charge < -0.3 is 125 Å². The number of carboxylic acids is 2. The van der Waals surface area contributed by atoms with Crippen LogP contribution in [-0.2, 0) is 114 Å². The zero-order valence-electron chi connectivity index (χ0n) is 85.5. The number of methoxy groups -OCH3 is 3.